The van der Waals surface area contributed by atoms with Gasteiger partial charge in [-0.3, -0.25) is 24.5 Å². The van der Waals surface area contributed by atoms with E-state index in [0.717, 1.165) is 38.0 Å². The second-order valence-corrected chi connectivity index (χ2v) is 15.8. The number of benzene rings is 1. The van der Waals surface area contributed by atoms with Crippen molar-refractivity contribution in [3.63, 3.8) is 0 Å². The van der Waals surface area contributed by atoms with E-state index < -0.39 is 50.7 Å². The Morgan fingerprint density at radius 2 is 1.59 bits per heavy atom. The number of aromatic nitrogens is 1. The molecule has 0 aliphatic carbocycles. The van der Waals surface area contributed by atoms with Crippen molar-refractivity contribution in [2.75, 3.05) is 75.4 Å². The van der Waals surface area contributed by atoms with Crippen LogP contribution in [-0.4, -0.2) is 103 Å². The summed E-state index contributed by atoms with van der Waals surface area (Å²) in [5.41, 5.74) is 1.78. The third kappa shape index (κ3) is 13.7. The average molecular weight is 843 g/mol. The van der Waals surface area contributed by atoms with Gasteiger partial charge in [0.05, 0.1) is 18.6 Å². The highest BCUT2D eigenvalue weighted by Crippen LogP contribution is 2.27. The molecule has 0 bridgehead atoms. The van der Waals surface area contributed by atoms with Crippen LogP contribution in [0.25, 0.3) is 0 Å². The third-order valence-electron chi connectivity index (χ3n) is 9.32. The Kier molecular flexibility index (Phi) is 17.4. The molecule has 0 saturated carbocycles. The van der Waals surface area contributed by atoms with Gasteiger partial charge in [-0.2, -0.15) is 0 Å². The van der Waals surface area contributed by atoms with Gasteiger partial charge in [-0.15, -0.1) is 0 Å². The number of hydrogen-bond donors (Lipinski definition) is 7. The molecule has 1 atom stereocenters. The number of carbonyl (C=O) groups excluding carboxylic acids is 4. The lowest BCUT2D eigenvalue weighted by Gasteiger charge is -2.19. The first-order valence-corrected chi connectivity index (χ1v) is 21.1. The zero-order chi connectivity index (χ0) is 43.0. The maximum atomic E-state index is 13.5. The minimum atomic E-state index is -3.99. The summed E-state index contributed by atoms with van der Waals surface area (Å²) in [4.78, 5) is 77.2. The van der Waals surface area contributed by atoms with Gasteiger partial charge in [-0.1, -0.05) is 6.07 Å². The molecule has 3 aromatic rings. The summed E-state index contributed by atoms with van der Waals surface area (Å²) in [6.07, 6.45) is 2.63. The van der Waals surface area contributed by atoms with Crippen LogP contribution in [0.4, 0.5) is 22.0 Å². The van der Waals surface area contributed by atoms with E-state index in [0.29, 0.717) is 42.6 Å². The second kappa shape index (κ2) is 22.4. The quantitative estimate of drug-likeness (QED) is 0.0289. The maximum absolute atomic E-state index is 13.5. The summed E-state index contributed by atoms with van der Waals surface area (Å²) in [5, 5.41) is 19.1. The molecule has 0 radical (unpaired) electrons. The summed E-state index contributed by atoms with van der Waals surface area (Å²) in [7, 11) is -1.44. The van der Waals surface area contributed by atoms with E-state index in [9.17, 15) is 37.2 Å². The molecule has 19 nitrogen and oxygen atoms in total. The molecule has 3 amide bonds. The number of sulfone groups is 1. The number of unbranched alkanes of at least 4 members (excludes halogenated alkanes) is 1. The van der Waals surface area contributed by atoms with Crippen LogP contribution in [0.3, 0.4) is 0 Å². The van der Waals surface area contributed by atoms with Crippen molar-refractivity contribution in [2.24, 2.45) is 0 Å². The molecule has 1 unspecified atom stereocenters. The third-order valence-corrected chi connectivity index (χ3v) is 11.1. The van der Waals surface area contributed by atoms with Gasteiger partial charge >= 0.3 is 12.1 Å². The highest BCUT2D eigenvalue weighted by molar-refractivity contribution is 7.91. The molecule has 0 spiro atoms. The zero-order valence-electron chi connectivity index (χ0n) is 33.8. The highest BCUT2D eigenvalue weighted by atomic mass is 32.2. The van der Waals surface area contributed by atoms with Crippen molar-refractivity contribution < 1.29 is 41.8 Å². The van der Waals surface area contributed by atoms with E-state index in [4.69, 9.17) is 14.2 Å². The van der Waals surface area contributed by atoms with Crippen LogP contribution in [0.2, 0.25) is 0 Å². The lowest BCUT2D eigenvalue weighted by molar-refractivity contribution is -0.146. The molecule has 4 rings (SSSR count). The normalized spacial score (nSPS) is 12.7. The zero-order valence-corrected chi connectivity index (χ0v) is 34.7. The minimum Gasteiger partial charge on any atom is -0.494 e. The van der Waals surface area contributed by atoms with Crippen molar-refractivity contribution in [1.29, 1.82) is 0 Å². The van der Waals surface area contributed by atoms with Crippen LogP contribution >= 0.6 is 0 Å². The molecule has 59 heavy (non-hydrogen) atoms. The lowest BCUT2D eigenvalue weighted by atomic mass is 10.1. The molecular formula is C39H54N8O11S. The number of methoxy groups -OCH3 is 1. The summed E-state index contributed by atoms with van der Waals surface area (Å²) < 4.78 is 42.4. The molecule has 7 N–H and O–H groups in total. The Morgan fingerprint density at radius 3 is 2.29 bits per heavy atom. The molecule has 0 fully saturated rings. The van der Waals surface area contributed by atoms with Gasteiger partial charge in [-0.05, 0) is 87.3 Å². The van der Waals surface area contributed by atoms with Gasteiger partial charge in [0.25, 0.3) is 10.9 Å². The van der Waals surface area contributed by atoms with Crippen LogP contribution in [0.15, 0.2) is 38.8 Å². The van der Waals surface area contributed by atoms with Gasteiger partial charge in [-0.25, -0.2) is 23.0 Å². The fourth-order valence-corrected chi connectivity index (χ4v) is 8.04. The maximum Gasteiger partial charge on any atom is 0.406 e. The smallest absolute Gasteiger partial charge is 0.406 e. The first kappa shape index (κ1) is 45.9. The summed E-state index contributed by atoms with van der Waals surface area (Å²) >= 11 is 0. The molecule has 322 valence electrons. The topological polar surface area (TPSA) is 261 Å². The average Bonchev–Trinajstić information content (AvgIpc) is 3.21. The van der Waals surface area contributed by atoms with Crippen molar-refractivity contribution in [1.82, 2.24) is 26.3 Å². The number of nitrogens with one attached hydrogen (secondary N) is 7. The molecule has 2 heterocycles. The molecule has 1 aliphatic rings. The van der Waals surface area contributed by atoms with Gasteiger partial charge in [0.1, 0.15) is 35.4 Å². The monoisotopic (exact) mass is 842 g/mol. The molecular weight excluding hydrogens is 789 g/mol. The number of amides is 3. The van der Waals surface area contributed by atoms with Gasteiger partial charge in [0.15, 0.2) is 16.0 Å². The van der Waals surface area contributed by atoms with Crippen molar-refractivity contribution >= 4 is 50.9 Å². The molecule has 2 aromatic carbocycles. The van der Waals surface area contributed by atoms with E-state index in [2.05, 4.69) is 48.3 Å². The Bertz CT molecular complexity index is 2110. The molecule has 20 heteroatoms. The standard InChI is InChI=1S/C39H54N8O11S/c1-24-21-28(57-19-8-12-29(48)41-16-17-42-31-32(34(51)33(31)50)43-18-20-58-39(53)40-3)22-25(2)35(24)59(54,55)23-45-37(38(52)56-4)47-30(49)11-6-5-10-27-14-13-26-9-7-15-44-36(26)46-27/h13-14,21-22,37,42-43,45H,5-12,15-20,23H2,1-4H3,(H,40,53)(H,41,48)(H,44,46)(H,47,49). The number of carbonyl (C=O) groups is 4. The summed E-state index contributed by atoms with van der Waals surface area (Å²) in [6.45, 7) is 4.79. The number of hydrogen-bond acceptors (Lipinski definition) is 16. The van der Waals surface area contributed by atoms with E-state index in [-0.39, 0.29) is 67.9 Å². The van der Waals surface area contributed by atoms with E-state index in [1.54, 1.807) is 26.0 Å². The largest absolute Gasteiger partial charge is 0.494 e. The number of esters is 1. The van der Waals surface area contributed by atoms with E-state index in [1.807, 2.05) is 6.07 Å². The first-order valence-electron chi connectivity index (χ1n) is 19.5. The predicted molar refractivity (Wildman–Crippen MR) is 220 cm³/mol. The van der Waals surface area contributed by atoms with Crippen LogP contribution in [0.1, 0.15) is 60.9 Å². The molecule has 0 saturated heterocycles. The number of pyridine rings is 1. The van der Waals surface area contributed by atoms with Crippen LogP contribution in [0.5, 0.6) is 5.75 Å². The lowest BCUT2D eigenvalue weighted by Crippen LogP contribution is -2.52. The number of fused-ring (bicyclic) bond motifs is 1. The van der Waals surface area contributed by atoms with Crippen LogP contribution in [0, 0.1) is 13.8 Å². The van der Waals surface area contributed by atoms with Gasteiger partial charge in [0, 0.05) is 51.8 Å². The van der Waals surface area contributed by atoms with E-state index >= 15 is 0 Å². The second-order valence-electron chi connectivity index (χ2n) is 13.9. The van der Waals surface area contributed by atoms with Gasteiger partial charge < -0.3 is 46.1 Å². The van der Waals surface area contributed by atoms with Crippen LogP contribution < -0.4 is 52.8 Å². The van der Waals surface area contributed by atoms with Gasteiger partial charge in [0.2, 0.25) is 11.8 Å². The predicted octanol–water partition coefficient (Wildman–Crippen LogP) is 1.16. The van der Waals surface area contributed by atoms with Crippen molar-refractivity contribution in [3.8, 4) is 5.75 Å². The number of nitrogens with zero attached hydrogens (tertiary/aromatic N) is 1. The Balaban J connectivity index is 1.16. The Labute approximate surface area is 342 Å². The number of ether oxygens (including phenoxy) is 3. The Hall–Kier alpha value is -5.76. The Morgan fingerprint density at radius 1 is 0.898 bits per heavy atom. The van der Waals surface area contributed by atoms with Crippen molar-refractivity contribution in [2.45, 2.75) is 76.3 Å². The molecule has 1 aromatic heterocycles. The fourth-order valence-electron chi connectivity index (χ4n) is 6.42. The SMILES string of the molecule is CNC(=O)OCCNc1c(NCCNC(=O)CCCOc2cc(C)c(S(=O)(=O)CNC(NC(=O)CCCCc3ccc4c(n3)NCCC4)C(=O)OC)c(C)c2)c(=O)c1=O. The highest BCUT2D eigenvalue weighted by Gasteiger charge is 2.27. The molecule has 1 aliphatic heterocycles. The van der Waals surface area contributed by atoms with Crippen LogP contribution in [-0.2, 0) is 46.5 Å². The number of alkyl carbamates (subject to hydrolysis) is 1. The number of rotatable bonds is 24. The number of aryl methyl sites for hydroxylation is 4. The summed E-state index contributed by atoms with van der Waals surface area (Å²) in [5.74, 6) is -0.859. The minimum absolute atomic E-state index is 0.0133. The van der Waals surface area contributed by atoms with Crippen molar-refractivity contribution in [3.05, 3.63) is 67.1 Å². The first-order chi connectivity index (χ1) is 28.2. The number of anilines is 3. The van der Waals surface area contributed by atoms with E-state index in [1.165, 1.54) is 12.6 Å². The fraction of sp³-hybridized carbons (Fsp3) is 0.513. The summed E-state index contributed by atoms with van der Waals surface area (Å²) in [6, 6.07) is 7.23.